The van der Waals surface area contributed by atoms with Crippen LogP contribution < -0.4 is 10.1 Å². The largest absolute Gasteiger partial charge is 0.490 e. The van der Waals surface area contributed by atoms with Crippen molar-refractivity contribution in [3.05, 3.63) is 107 Å². The van der Waals surface area contributed by atoms with Crippen molar-refractivity contribution in [2.75, 3.05) is 7.05 Å². The van der Waals surface area contributed by atoms with Crippen LogP contribution in [0.15, 0.2) is 83.3 Å². The standard InChI is InChI=1S/C22H28O.C19H17N3O2/c1-16(2)23-22-14-9-17(3)15-21(22)20-12-10-19(11-13-20)18-7-5-4-6-8-18;1-11(2)15-8-12(10-20)9-16-17(15)24-19(22-16)14-6-4-13(5-7-14)18(23)21-3/h9-16,18H,4-8H2,1-3H3;4-9,11H,1-3H3,(H,21,23). The first-order chi connectivity index (χ1) is 22.7. The third kappa shape index (κ3) is 8.10. The van der Waals surface area contributed by atoms with Gasteiger partial charge in [0.05, 0.1) is 17.7 Å². The van der Waals surface area contributed by atoms with E-state index < -0.39 is 0 Å². The smallest absolute Gasteiger partial charge is 0.251 e. The molecular weight excluding hydrogens is 582 g/mol. The number of amides is 1. The summed E-state index contributed by atoms with van der Waals surface area (Å²) in [6.07, 6.45) is 7.08. The first kappa shape index (κ1) is 33.5. The quantitative estimate of drug-likeness (QED) is 0.194. The molecule has 1 saturated carbocycles. The number of aromatic nitrogens is 1. The third-order valence-corrected chi connectivity index (χ3v) is 8.69. The fourth-order valence-electron chi connectivity index (χ4n) is 6.18. The SMILES string of the molecule is CNC(=O)c1ccc(-c2nc3cc(C#N)cc(C(C)C)c3o2)cc1.Cc1ccc(OC(C)C)c(-c2ccc(C3CCCCC3)cc2)c1. The number of nitrogens with zero attached hydrogens (tertiary/aromatic N) is 2. The second-order valence-electron chi connectivity index (χ2n) is 13.0. The Labute approximate surface area is 278 Å². The Balaban J connectivity index is 0.000000185. The maximum absolute atomic E-state index is 11.6. The molecule has 5 aromatic rings. The van der Waals surface area contributed by atoms with Crippen LogP contribution in [0.4, 0.5) is 0 Å². The summed E-state index contributed by atoms with van der Waals surface area (Å²) in [4.78, 5) is 16.1. The Morgan fingerprint density at radius 2 is 1.60 bits per heavy atom. The Morgan fingerprint density at radius 1 is 0.915 bits per heavy atom. The van der Waals surface area contributed by atoms with Crippen LogP contribution in [-0.2, 0) is 0 Å². The fourth-order valence-corrected chi connectivity index (χ4v) is 6.18. The number of nitrogens with one attached hydrogen (secondary N) is 1. The first-order valence-corrected chi connectivity index (χ1v) is 16.7. The Morgan fingerprint density at radius 3 is 2.21 bits per heavy atom. The van der Waals surface area contributed by atoms with E-state index in [0.29, 0.717) is 28.1 Å². The number of benzene rings is 4. The van der Waals surface area contributed by atoms with Gasteiger partial charge in [0.2, 0.25) is 5.89 Å². The molecule has 6 rings (SSSR count). The number of carbonyl (C=O) groups is 1. The molecule has 0 saturated heterocycles. The average molecular weight is 628 g/mol. The predicted molar refractivity (Wildman–Crippen MR) is 190 cm³/mol. The van der Waals surface area contributed by atoms with Gasteiger partial charge in [0.15, 0.2) is 5.58 Å². The molecule has 4 aromatic carbocycles. The van der Waals surface area contributed by atoms with Crippen molar-refractivity contribution >= 4 is 17.0 Å². The summed E-state index contributed by atoms with van der Waals surface area (Å²) in [6, 6.07) is 28.4. The van der Waals surface area contributed by atoms with Crippen LogP contribution in [0.1, 0.15) is 104 Å². The second-order valence-corrected chi connectivity index (χ2v) is 13.0. The highest BCUT2D eigenvalue weighted by molar-refractivity contribution is 5.94. The van der Waals surface area contributed by atoms with E-state index in [4.69, 9.17) is 9.15 Å². The molecule has 0 atom stereocenters. The van der Waals surface area contributed by atoms with Gasteiger partial charge < -0.3 is 14.5 Å². The molecule has 1 N–H and O–H groups in total. The van der Waals surface area contributed by atoms with Gasteiger partial charge in [-0.2, -0.15) is 5.26 Å². The van der Waals surface area contributed by atoms with Crippen LogP contribution in [0, 0.1) is 18.3 Å². The zero-order valence-electron chi connectivity index (χ0n) is 28.4. The van der Waals surface area contributed by atoms with Crippen LogP contribution in [0.2, 0.25) is 0 Å². The summed E-state index contributed by atoms with van der Waals surface area (Å²) in [7, 11) is 1.59. The number of hydrogen-bond donors (Lipinski definition) is 1. The molecule has 1 amide bonds. The summed E-state index contributed by atoms with van der Waals surface area (Å²) in [5.41, 5.74) is 9.50. The molecule has 0 aliphatic heterocycles. The third-order valence-electron chi connectivity index (χ3n) is 8.69. The predicted octanol–water partition coefficient (Wildman–Crippen LogP) is 10.3. The summed E-state index contributed by atoms with van der Waals surface area (Å²) >= 11 is 0. The van der Waals surface area contributed by atoms with E-state index in [2.05, 4.69) is 93.5 Å². The molecule has 1 fully saturated rings. The molecule has 1 heterocycles. The van der Waals surface area contributed by atoms with Gasteiger partial charge >= 0.3 is 0 Å². The minimum Gasteiger partial charge on any atom is -0.490 e. The number of ether oxygens (including phenoxy) is 1. The minimum absolute atomic E-state index is 0.139. The van der Waals surface area contributed by atoms with Gasteiger partial charge in [0.25, 0.3) is 5.91 Å². The van der Waals surface area contributed by atoms with Crippen molar-refractivity contribution in [1.29, 1.82) is 5.26 Å². The van der Waals surface area contributed by atoms with Crippen molar-refractivity contribution in [3.8, 4) is 34.4 Å². The molecule has 0 unspecified atom stereocenters. The molecule has 0 bridgehead atoms. The van der Waals surface area contributed by atoms with Crippen LogP contribution >= 0.6 is 0 Å². The molecular formula is C41H45N3O3. The summed E-state index contributed by atoms with van der Waals surface area (Å²) in [5.74, 6) is 2.31. The van der Waals surface area contributed by atoms with Crippen molar-refractivity contribution in [3.63, 3.8) is 0 Å². The number of fused-ring (bicyclic) bond motifs is 1. The highest BCUT2D eigenvalue weighted by atomic mass is 16.5. The van der Waals surface area contributed by atoms with Crippen molar-refractivity contribution in [2.24, 2.45) is 0 Å². The highest BCUT2D eigenvalue weighted by Gasteiger charge is 2.17. The van der Waals surface area contributed by atoms with Crippen molar-refractivity contribution < 1.29 is 13.9 Å². The zero-order valence-corrected chi connectivity index (χ0v) is 28.4. The lowest BCUT2D eigenvalue weighted by molar-refractivity contribution is 0.0963. The molecule has 47 heavy (non-hydrogen) atoms. The first-order valence-electron chi connectivity index (χ1n) is 16.7. The lowest BCUT2D eigenvalue weighted by Gasteiger charge is -2.22. The molecule has 0 spiro atoms. The number of hydrogen-bond acceptors (Lipinski definition) is 5. The van der Waals surface area contributed by atoms with E-state index in [1.54, 1.807) is 37.4 Å². The minimum atomic E-state index is -0.139. The van der Waals surface area contributed by atoms with Crippen LogP contribution in [-0.4, -0.2) is 24.0 Å². The summed E-state index contributed by atoms with van der Waals surface area (Å²) in [5, 5.41) is 11.8. The number of rotatable bonds is 7. The Kier molecular flexibility index (Phi) is 10.8. The topological polar surface area (TPSA) is 88.2 Å². The van der Waals surface area contributed by atoms with Gasteiger partial charge in [0.1, 0.15) is 11.3 Å². The maximum atomic E-state index is 11.6. The van der Waals surface area contributed by atoms with Crippen molar-refractivity contribution in [1.82, 2.24) is 10.3 Å². The summed E-state index contributed by atoms with van der Waals surface area (Å²) < 4.78 is 12.0. The highest BCUT2D eigenvalue weighted by Crippen LogP contribution is 2.36. The van der Waals surface area contributed by atoms with Gasteiger partial charge in [-0.25, -0.2) is 4.98 Å². The van der Waals surface area contributed by atoms with Gasteiger partial charge in [-0.3, -0.25) is 4.79 Å². The average Bonchev–Trinajstić information content (AvgIpc) is 3.53. The van der Waals surface area contributed by atoms with E-state index in [0.717, 1.165) is 22.8 Å². The number of nitriles is 1. The Hall–Kier alpha value is -4.89. The molecule has 1 aliphatic rings. The zero-order chi connectivity index (χ0) is 33.5. The van der Waals surface area contributed by atoms with E-state index in [1.807, 2.05) is 6.07 Å². The molecule has 1 aromatic heterocycles. The van der Waals surface area contributed by atoms with Crippen LogP contribution in [0.3, 0.4) is 0 Å². The van der Waals surface area contributed by atoms with Gasteiger partial charge in [0, 0.05) is 29.3 Å². The van der Waals surface area contributed by atoms with Crippen LogP contribution in [0.5, 0.6) is 5.75 Å². The van der Waals surface area contributed by atoms with E-state index >= 15 is 0 Å². The normalized spacial score (nSPS) is 13.3. The molecule has 6 heteroatoms. The number of carbonyl (C=O) groups excluding carboxylic acids is 1. The van der Waals surface area contributed by atoms with Gasteiger partial charge in [-0.1, -0.05) is 69.0 Å². The van der Waals surface area contributed by atoms with E-state index in [1.165, 1.54) is 54.4 Å². The molecule has 6 nitrogen and oxygen atoms in total. The lowest BCUT2D eigenvalue weighted by atomic mass is 9.83. The molecule has 1 aliphatic carbocycles. The maximum Gasteiger partial charge on any atom is 0.251 e. The van der Waals surface area contributed by atoms with Crippen LogP contribution in [0.25, 0.3) is 33.7 Å². The number of oxazole rings is 1. The fraction of sp³-hybridized carbons (Fsp3) is 0.341. The van der Waals surface area contributed by atoms with Crippen molar-refractivity contribution in [2.45, 2.75) is 84.7 Å². The second kappa shape index (κ2) is 15.1. The summed E-state index contributed by atoms with van der Waals surface area (Å²) in [6.45, 7) is 10.4. The molecule has 0 radical (unpaired) electrons. The van der Waals surface area contributed by atoms with Gasteiger partial charge in [-0.05, 0) is 105 Å². The van der Waals surface area contributed by atoms with E-state index in [-0.39, 0.29) is 17.9 Å². The lowest BCUT2D eigenvalue weighted by Crippen LogP contribution is -2.17. The monoisotopic (exact) mass is 627 g/mol. The van der Waals surface area contributed by atoms with E-state index in [9.17, 15) is 10.1 Å². The number of aryl methyl sites for hydroxylation is 1. The molecule has 242 valence electrons. The van der Waals surface area contributed by atoms with Gasteiger partial charge in [-0.15, -0.1) is 0 Å². The Bertz CT molecular complexity index is 1860.